The molecule has 1 saturated heterocycles. The number of amides is 1. The topological polar surface area (TPSA) is 79.9 Å². The predicted molar refractivity (Wildman–Crippen MR) is 69.4 cm³/mol. The first kappa shape index (κ1) is 11.9. The van der Waals surface area contributed by atoms with E-state index in [9.17, 15) is 4.79 Å². The molecule has 1 amide bonds. The van der Waals surface area contributed by atoms with Gasteiger partial charge in [0.1, 0.15) is 12.4 Å². The van der Waals surface area contributed by atoms with Crippen molar-refractivity contribution in [2.45, 2.75) is 18.9 Å². The van der Waals surface area contributed by atoms with Gasteiger partial charge >= 0.3 is 0 Å². The summed E-state index contributed by atoms with van der Waals surface area (Å²) in [5.41, 5.74) is 1.61. The molecule has 0 saturated carbocycles. The number of nitrogens with one attached hydrogen (secondary N) is 2. The molecule has 2 heterocycles. The Kier molecular flexibility index (Phi) is 3.24. The lowest BCUT2D eigenvalue weighted by atomic mass is 10.1. The number of hydrogen-bond acceptors (Lipinski definition) is 4. The first-order valence-corrected chi connectivity index (χ1v) is 6.21. The van der Waals surface area contributed by atoms with Gasteiger partial charge in [0, 0.05) is 17.9 Å². The van der Waals surface area contributed by atoms with E-state index in [0.717, 1.165) is 24.1 Å². The van der Waals surface area contributed by atoms with Crippen molar-refractivity contribution in [2.75, 3.05) is 11.9 Å². The van der Waals surface area contributed by atoms with Gasteiger partial charge in [-0.15, -0.1) is 0 Å². The molecular weight excluding hydrogens is 244 g/mol. The molecule has 98 valence electrons. The molecule has 0 radical (unpaired) electrons. The van der Waals surface area contributed by atoms with Gasteiger partial charge in [-0.25, -0.2) is 4.98 Å². The second-order valence-electron chi connectivity index (χ2n) is 4.41. The van der Waals surface area contributed by atoms with Crippen molar-refractivity contribution >= 4 is 11.6 Å². The van der Waals surface area contributed by atoms with Crippen LogP contribution in [-0.2, 0) is 9.53 Å². The summed E-state index contributed by atoms with van der Waals surface area (Å²) < 4.78 is 5.35. The van der Waals surface area contributed by atoms with Gasteiger partial charge in [0.15, 0.2) is 5.82 Å². The predicted octanol–water partition coefficient (Wildman–Crippen LogP) is 1.59. The van der Waals surface area contributed by atoms with E-state index in [-0.39, 0.29) is 12.0 Å². The van der Waals surface area contributed by atoms with E-state index in [4.69, 9.17) is 4.74 Å². The second kappa shape index (κ2) is 5.19. The first-order valence-electron chi connectivity index (χ1n) is 6.21. The fraction of sp³-hybridized carbons (Fsp3) is 0.308. The molecule has 1 fully saturated rings. The van der Waals surface area contributed by atoms with Crippen LogP contribution in [0, 0.1) is 0 Å². The van der Waals surface area contributed by atoms with Gasteiger partial charge in [0.25, 0.3) is 5.91 Å². The number of carbonyl (C=O) groups is 1. The van der Waals surface area contributed by atoms with Crippen LogP contribution in [0.15, 0.2) is 30.6 Å². The number of ether oxygens (including phenoxy) is 1. The first-order chi connectivity index (χ1) is 9.33. The molecular formula is C13H14N4O2. The fourth-order valence-corrected chi connectivity index (χ4v) is 2.10. The average molecular weight is 258 g/mol. The van der Waals surface area contributed by atoms with Crippen LogP contribution in [0.4, 0.5) is 5.69 Å². The lowest BCUT2D eigenvalue weighted by molar-refractivity contribution is -0.124. The molecule has 0 aliphatic carbocycles. The highest BCUT2D eigenvalue weighted by Gasteiger charge is 2.23. The smallest absolute Gasteiger partial charge is 0.253 e. The number of rotatable bonds is 3. The molecule has 2 aromatic rings. The van der Waals surface area contributed by atoms with Crippen LogP contribution in [0.25, 0.3) is 11.4 Å². The van der Waals surface area contributed by atoms with Crippen LogP contribution in [0.1, 0.15) is 12.8 Å². The SMILES string of the molecule is O=C(Nc1cccc(-c2ncn[nH]2)c1)C1CCCO1. The lowest BCUT2D eigenvalue weighted by Crippen LogP contribution is -2.26. The Labute approximate surface area is 110 Å². The third-order valence-electron chi connectivity index (χ3n) is 3.04. The minimum Gasteiger partial charge on any atom is -0.368 e. The van der Waals surface area contributed by atoms with Crippen molar-refractivity contribution in [3.8, 4) is 11.4 Å². The highest BCUT2D eigenvalue weighted by atomic mass is 16.5. The summed E-state index contributed by atoms with van der Waals surface area (Å²) in [5.74, 6) is 0.584. The average Bonchev–Trinajstić information content (AvgIpc) is 3.13. The Balaban J connectivity index is 1.74. The van der Waals surface area contributed by atoms with Crippen LogP contribution in [0.3, 0.4) is 0 Å². The summed E-state index contributed by atoms with van der Waals surface area (Å²) in [6.07, 6.45) is 2.85. The zero-order chi connectivity index (χ0) is 13.1. The maximum absolute atomic E-state index is 11.9. The summed E-state index contributed by atoms with van der Waals surface area (Å²) in [7, 11) is 0. The van der Waals surface area contributed by atoms with E-state index in [1.807, 2.05) is 24.3 Å². The van der Waals surface area contributed by atoms with Crippen LogP contribution in [0.5, 0.6) is 0 Å². The monoisotopic (exact) mass is 258 g/mol. The Morgan fingerprint density at radius 2 is 2.42 bits per heavy atom. The van der Waals surface area contributed by atoms with Crippen molar-refractivity contribution in [2.24, 2.45) is 0 Å². The Hall–Kier alpha value is -2.21. The third-order valence-corrected chi connectivity index (χ3v) is 3.04. The van der Waals surface area contributed by atoms with Crippen molar-refractivity contribution in [3.63, 3.8) is 0 Å². The number of H-pyrrole nitrogens is 1. The molecule has 6 heteroatoms. The lowest BCUT2D eigenvalue weighted by Gasteiger charge is -2.10. The molecule has 1 aromatic carbocycles. The van der Waals surface area contributed by atoms with Gasteiger partial charge in [0.05, 0.1) is 0 Å². The molecule has 1 aromatic heterocycles. The molecule has 3 rings (SSSR count). The third kappa shape index (κ3) is 2.63. The number of benzene rings is 1. The number of hydrogen-bond donors (Lipinski definition) is 2. The van der Waals surface area contributed by atoms with Crippen molar-refractivity contribution in [1.82, 2.24) is 15.2 Å². The molecule has 0 bridgehead atoms. The number of aromatic amines is 1. The normalized spacial score (nSPS) is 18.4. The molecule has 0 spiro atoms. The maximum atomic E-state index is 11.9. The van der Waals surface area contributed by atoms with Gasteiger partial charge < -0.3 is 10.1 Å². The van der Waals surface area contributed by atoms with Gasteiger partial charge in [-0.1, -0.05) is 12.1 Å². The van der Waals surface area contributed by atoms with Crippen molar-refractivity contribution < 1.29 is 9.53 Å². The van der Waals surface area contributed by atoms with Crippen molar-refractivity contribution in [3.05, 3.63) is 30.6 Å². The highest BCUT2D eigenvalue weighted by molar-refractivity contribution is 5.94. The summed E-state index contributed by atoms with van der Waals surface area (Å²) in [6, 6.07) is 7.46. The van der Waals surface area contributed by atoms with E-state index >= 15 is 0 Å². The standard InChI is InChI=1S/C13H14N4O2/c18-13(11-5-2-6-19-11)16-10-4-1-3-9(7-10)12-14-8-15-17-12/h1,3-4,7-8,11H,2,5-6H2,(H,16,18)(H,14,15,17). The number of carbonyl (C=O) groups excluding carboxylic acids is 1. The van der Waals surface area contributed by atoms with Gasteiger partial charge in [-0.2, -0.15) is 5.10 Å². The molecule has 19 heavy (non-hydrogen) atoms. The Morgan fingerprint density at radius 1 is 1.47 bits per heavy atom. The summed E-state index contributed by atoms with van der Waals surface area (Å²) in [6.45, 7) is 0.663. The van der Waals surface area contributed by atoms with Gasteiger partial charge in [-0.05, 0) is 25.0 Å². The zero-order valence-electron chi connectivity index (χ0n) is 10.3. The summed E-state index contributed by atoms with van der Waals surface area (Å²) >= 11 is 0. The molecule has 1 aliphatic heterocycles. The number of aromatic nitrogens is 3. The second-order valence-corrected chi connectivity index (χ2v) is 4.41. The van der Waals surface area contributed by atoms with Crippen LogP contribution >= 0.6 is 0 Å². The number of anilines is 1. The molecule has 6 nitrogen and oxygen atoms in total. The largest absolute Gasteiger partial charge is 0.368 e. The fourth-order valence-electron chi connectivity index (χ4n) is 2.10. The minimum absolute atomic E-state index is 0.0905. The summed E-state index contributed by atoms with van der Waals surface area (Å²) in [4.78, 5) is 16.0. The molecule has 2 N–H and O–H groups in total. The minimum atomic E-state index is -0.325. The van der Waals surface area contributed by atoms with E-state index < -0.39 is 0 Å². The highest BCUT2D eigenvalue weighted by Crippen LogP contribution is 2.20. The quantitative estimate of drug-likeness (QED) is 0.876. The number of nitrogens with zero attached hydrogens (tertiary/aromatic N) is 2. The van der Waals surface area contributed by atoms with Gasteiger partial charge in [0.2, 0.25) is 0 Å². The van der Waals surface area contributed by atoms with Crippen LogP contribution in [0.2, 0.25) is 0 Å². The van der Waals surface area contributed by atoms with E-state index in [2.05, 4.69) is 20.5 Å². The van der Waals surface area contributed by atoms with E-state index in [0.29, 0.717) is 12.4 Å². The van der Waals surface area contributed by atoms with Crippen molar-refractivity contribution in [1.29, 1.82) is 0 Å². The Bertz CT molecular complexity index is 562. The van der Waals surface area contributed by atoms with Crippen LogP contribution in [-0.4, -0.2) is 33.8 Å². The zero-order valence-corrected chi connectivity index (χ0v) is 10.3. The van der Waals surface area contributed by atoms with E-state index in [1.165, 1.54) is 6.33 Å². The Morgan fingerprint density at radius 3 is 3.16 bits per heavy atom. The van der Waals surface area contributed by atoms with Gasteiger partial charge in [-0.3, -0.25) is 9.89 Å². The van der Waals surface area contributed by atoms with E-state index in [1.54, 1.807) is 0 Å². The molecule has 1 atom stereocenters. The maximum Gasteiger partial charge on any atom is 0.253 e. The summed E-state index contributed by atoms with van der Waals surface area (Å²) in [5, 5.41) is 9.46. The molecule has 1 aliphatic rings. The van der Waals surface area contributed by atoms with Crippen LogP contribution < -0.4 is 5.32 Å². The molecule has 1 unspecified atom stereocenters.